The van der Waals surface area contributed by atoms with Gasteiger partial charge in [-0.25, -0.2) is 0 Å². The van der Waals surface area contributed by atoms with Crippen molar-refractivity contribution < 1.29 is 9.47 Å². The van der Waals surface area contributed by atoms with E-state index < -0.39 is 0 Å². The van der Waals surface area contributed by atoms with Crippen LogP contribution in [0, 0.1) is 5.92 Å². The number of nitrogens with zero attached hydrogens (tertiary/aromatic N) is 1. The summed E-state index contributed by atoms with van der Waals surface area (Å²) in [4.78, 5) is 2.44. The summed E-state index contributed by atoms with van der Waals surface area (Å²) in [5.41, 5.74) is 7.17. The number of methoxy groups -OCH3 is 1. The number of hydrogen-bond donors (Lipinski definition) is 1. The van der Waals surface area contributed by atoms with E-state index in [1.165, 1.54) is 5.56 Å². The van der Waals surface area contributed by atoms with Gasteiger partial charge in [0.15, 0.2) is 0 Å². The van der Waals surface area contributed by atoms with E-state index in [9.17, 15) is 0 Å². The minimum Gasteiger partial charge on any atom is -0.496 e. The van der Waals surface area contributed by atoms with Gasteiger partial charge in [-0.2, -0.15) is 0 Å². The van der Waals surface area contributed by atoms with E-state index in [0.717, 1.165) is 45.0 Å². The predicted octanol–water partition coefficient (Wildman–Crippen LogP) is 1.14. The monoisotopic (exact) mass is 264 g/mol. The van der Waals surface area contributed by atoms with Crippen molar-refractivity contribution >= 4 is 0 Å². The lowest BCUT2D eigenvalue weighted by atomic mass is 9.98. The fourth-order valence-electron chi connectivity index (χ4n) is 2.55. The normalized spacial score (nSPS) is 18.2. The van der Waals surface area contributed by atoms with Crippen LogP contribution in [0.3, 0.4) is 0 Å². The summed E-state index contributed by atoms with van der Waals surface area (Å²) in [6.07, 6.45) is 0.970. The second kappa shape index (κ2) is 7.48. The molecule has 2 rings (SSSR count). The third-order valence-corrected chi connectivity index (χ3v) is 3.65. The van der Waals surface area contributed by atoms with E-state index in [2.05, 4.69) is 17.0 Å². The number of nitrogens with two attached hydrogens (primary N) is 1. The van der Waals surface area contributed by atoms with Gasteiger partial charge in [-0.15, -0.1) is 0 Å². The largest absolute Gasteiger partial charge is 0.496 e. The van der Waals surface area contributed by atoms with Gasteiger partial charge in [-0.1, -0.05) is 18.2 Å². The lowest BCUT2D eigenvalue weighted by Gasteiger charge is -2.30. The zero-order valence-corrected chi connectivity index (χ0v) is 11.7. The Morgan fingerprint density at radius 3 is 2.74 bits per heavy atom. The number of ether oxygens (including phenoxy) is 2. The van der Waals surface area contributed by atoms with Gasteiger partial charge in [0.05, 0.1) is 20.3 Å². The molecule has 1 aromatic carbocycles. The molecule has 1 unspecified atom stereocenters. The minimum atomic E-state index is 0.467. The third kappa shape index (κ3) is 4.20. The molecule has 0 saturated carbocycles. The van der Waals surface area contributed by atoms with Crippen LogP contribution in [0.25, 0.3) is 0 Å². The van der Waals surface area contributed by atoms with E-state index in [4.69, 9.17) is 15.2 Å². The van der Waals surface area contributed by atoms with Crippen LogP contribution in [0.15, 0.2) is 24.3 Å². The molecule has 1 aliphatic heterocycles. The second-order valence-electron chi connectivity index (χ2n) is 5.03. The third-order valence-electron chi connectivity index (χ3n) is 3.65. The predicted molar refractivity (Wildman–Crippen MR) is 76.5 cm³/mol. The highest BCUT2D eigenvalue weighted by atomic mass is 16.5. The Kier molecular flexibility index (Phi) is 5.63. The average Bonchev–Trinajstić information content (AvgIpc) is 2.48. The molecule has 1 saturated heterocycles. The molecule has 2 N–H and O–H groups in total. The zero-order valence-electron chi connectivity index (χ0n) is 11.7. The number of benzene rings is 1. The fourth-order valence-corrected chi connectivity index (χ4v) is 2.55. The van der Waals surface area contributed by atoms with Crippen molar-refractivity contribution in [3.05, 3.63) is 29.8 Å². The van der Waals surface area contributed by atoms with Gasteiger partial charge in [0.2, 0.25) is 0 Å². The average molecular weight is 264 g/mol. The van der Waals surface area contributed by atoms with E-state index in [1.807, 2.05) is 12.1 Å². The standard InChI is InChI=1S/C15H24N2O2/c1-18-15-5-3-2-4-14(15)10-13(11-16)12-17-6-8-19-9-7-17/h2-5,13H,6-12,16H2,1H3. The van der Waals surface area contributed by atoms with Crippen LogP contribution in [-0.2, 0) is 11.2 Å². The summed E-state index contributed by atoms with van der Waals surface area (Å²) in [7, 11) is 1.72. The van der Waals surface area contributed by atoms with Crippen molar-refractivity contribution in [2.45, 2.75) is 6.42 Å². The maximum Gasteiger partial charge on any atom is 0.122 e. The van der Waals surface area contributed by atoms with Crippen LogP contribution in [0.2, 0.25) is 0 Å². The molecule has 1 heterocycles. The summed E-state index contributed by atoms with van der Waals surface area (Å²) in [6.45, 7) is 5.45. The highest BCUT2D eigenvalue weighted by Gasteiger charge is 2.17. The summed E-state index contributed by atoms with van der Waals surface area (Å²) >= 11 is 0. The Hall–Kier alpha value is -1.10. The topological polar surface area (TPSA) is 47.7 Å². The first-order valence-corrected chi connectivity index (χ1v) is 6.95. The van der Waals surface area contributed by atoms with Crippen LogP contribution < -0.4 is 10.5 Å². The Morgan fingerprint density at radius 1 is 1.32 bits per heavy atom. The van der Waals surface area contributed by atoms with Gasteiger partial charge < -0.3 is 15.2 Å². The first-order chi connectivity index (χ1) is 9.33. The van der Waals surface area contributed by atoms with E-state index >= 15 is 0 Å². The molecular weight excluding hydrogens is 240 g/mol. The minimum absolute atomic E-state index is 0.467. The number of hydrogen-bond acceptors (Lipinski definition) is 4. The van der Waals surface area contributed by atoms with Crippen molar-refractivity contribution in [3.63, 3.8) is 0 Å². The molecule has 0 spiro atoms. The summed E-state index contributed by atoms with van der Waals surface area (Å²) < 4.78 is 10.8. The number of para-hydroxylation sites is 1. The maximum absolute atomic E-state index is 5.93. The van der Waals surface area contributed by atoms with E-state index in [1.54, 1.807) is 7.11 Å². The van der Waals surface area contributed by atoms with Crippen LogP contribution in [0.5, 0.6) is 5.75 Å². The highest BCUT2D eigenvalue weighted by molar-refractivity contribution is 5.33. The molecule has 0 aromatic heterocycles. The van der Waals surface area contributed by atoms with E-state index in [0.29, 0.717) is 12.5 Å². The Labute approximate surface area is 115 Å². The van der Waals surface area contributed by atoms with Crippen LogP contribution in [0.1, 0.15) is 5.56 Å². The SMILES string of the molecule is COc1ccccc1CC(CN)CN1CCOCC1. The summed E-state index contributed by atoms with van der Waals surface area (Å²) in [5.74, 6) is 1.43. The smallest absolute Gasteiger partial charge is 0.122 e. The zero-order chi connectivity index (χ0) is 13.5. The molecule has 1 aromatic rings. The van der Waals surface area contributed by atoms with Crippen LogP contribution >= 0.6 is 0 Å². The number of rotatable bonds is 6. The molecule has 4 heteroatoms. The molecule has 0 radical (unpaired) electrons. The second-order valence-corrected chi connectivity index (χ2v) is 5.03. The van der Waals surface area contributed by atoms with Gasteiger partial charge in [0.1, 0.15) is 5.75 Å². The van der Waals surface area contributed by atoms with Crippen molar-refractivity contribution in [1.82, 2.24) is 4.90 Å². The van der Waals surface area contributed by atoms with E-state index in [-0.39, 0.29) is 0 Å². The number of morpholine rings is 1. The molecule has 1 aliphatic rings. The molecule has 1 fully saturated rings. The Bertz CT molecular complexity index is 378. The van der Waals surface area contributed by atoms with Gasteiger partial charge in [0, 0.05) is 19.6 Å². The first kappa shape index (κ1) is 14.3. The Balaban J connectivity index is 1.94. The highest BCUT2D eigenvalue weighted by Crippen LogP contribution is 2.21. The lowest BCUT2D eigenvalue weighted by molar-refractivity contribution is 0.0311. The summed E-state index contributed by atoms with van der Waals surface area (Å²) in [5, 5.41) is 0. The van der Waals surface area contributed by atoms with Gasteiger partial charge >= 0.3 is 0 Å². The van der Waals surface area contributed by atoms with Gasteiger partial charge in [-0.3, -0.25) is 4.90 Å². The molecular formula is C15H24N2O2. The van der Waals surface area contributed by atoms with Crippen LogP contribution in [0.4, 0.5) is 0 Å². The molecule has 0 amide bonds. The maximum atomic E-state index is 5.93. The molecule has 0 aliphatic carbocycles. The molecule has 1 atom stereocenters. The molecule has 0 bridgehead atoms. The van der Waals surface area contributed by atoms with Crippen molar-refractivity contribution in [2.75, 3.05) is 46.5 Å². The lowest BCUT2D eigenvalue weighted by Crippen LogP contribution is -2.41. The van der Waals surface area contributed by atoms with Crippen LogP contribution in [-0.4, -0.2) is 51.4 Å². The van der Waals surface area contributed by atoms with Crippen molar-refractivity contribution in [1.29, 1.82) is 0 Å². The van der Waals surface area contributed by atoms with Gasteiger partial charge in [0.25, 0.3) is 0 Å². The Morgan fingerprint density at radius 2 is 2.05 bits per heavy atom. The molecule has 106 valence electrons. The van der Waals surface area contributed by atoms with Crippen molar-refractivity contribution in [3.8, 4) is 5.75 Å². The fraction of sp³-hybridized carbons (Fsp3) is 0.600. The molecule has 19 heavy (non-hydrogen) atoms. The van der Waals surface area contributed by atoms with Gasteiger partial charge in [-0.05, 0) is 30.5 Å². The quantitative estimate of drug-likeness (QED) is 0.837. The first-order valence-electron chi connectivity index (χ1n) is 6.95. The van der Waals surface area contributed by atoms with Crippen molar-refractivity contribution in [2.24, 2.45) is 11.7 Å². The molecule has 4 nitrogen and oxygen atoms in total. The summed E-state index contributed by atoms with van der Waals surface area (Å²) in [6, 6.07) is 8.19.